The third kappa shape index (κ3) is 4.05. The minimum absolute atomic E-state index is 0.395. The molecule has 94 valence electrons. The monoisotopic (exact) mass is 247 g/mol. The van der Waals surface area contributed by atoms with Gasteiger partial charge in [0.1, 0.15) is 6.29 Å². The highest BCUT2D eigenvalue weighted by molar-refractivity contribution is 6.02. The number of hydrogen-bond acceptors (Lipinski definition) is 5. The average molecular weight is 247 g/mol. The Labute approximate surface area is 106 Å². The van der Waals surface area contributed by atoms with Crippen molar-refractivity contribution < 1.29 is 19.0 Å². The van der Waals surface area contributed by atoms with Crippen molar-refractivity contribution in [2.45, 2.75) is 12.5 Å². The Morgan fingerprint density at radius 1 is 1.44 bits per heavy atom. The molecule has 1 aromatic carbocycles. The normalized spacial score (nSPS) is 12.1. The first kappa shape index (κ1) is 14.0. The van der Waals surface area contributed by atoms with Crippen LogP contribution in [0.1, 0.15) is 15.9 Å². The van der Waals surface area contributed by atoms with E-state index in [1.54, 1.807) is 24.3 Å². The molecule has 1 rings (SSSR count). The molecule has 0 radical (unpaired) electrons. The number of carbonyl (C=O) groups is 2. The second kappa shape index (κ2) is 7.27. The second-order valence-electron chi connectivity index (χ2n) is 3.59. The highest BCUT2D eigenvalue weighted by Gasteiger charge is 2.18. The minimum Gasteiger partial charge on any atom is -0.560 e. The van der Waals surface area contributed by atoms with Crippen molar-refractivity contribution in [2.24, 2.45) is 4.99 Å². The molecule has 1 atom stereocenters. The first-order chi connectivity index (χ1) is 8.71. The van der Waals surface area contributed by atoms with Crippen LogP contribution in [0.15, 0.2) is 29.3 Å². The fourth-order valence-corrected chi connectivity index (χ4v) is 1.42. The maximum absolute atomic E-state index is 11.5. The fourth-order valence-electron chi connectivity index (χ4n) is 1.42. The number of rotatable bonds is 6. The van der Waals surface area contributed by atoms with E-state index in [0.29, 0.717) is 12.0 Å². The van der Waals surface area contributed by atoms with Gasteiger partial charge >= 0.3 is 14.0 Å². The molecule has 0 amide bonds. The smallest absolute Gasteiger partial charge is 0.331 e. The molecule has 0 aliphatic heterocycles. The zero-order valence-electron chi connectivity index (χ0n) is 10.3. The molecule has 1 unspecified atom stereocenters. The van der Waals surface area contributed by atoms with Gasteiger partial charge in [-0.2, -0.15) is 0 Å². The summed E-state index contributed by atoms with van der Waals surface area (Å²) in [5, 5.41) is 0. The van der Waals surface area contributed by atoms with Crippen LogP contribution in [0, 0.1) is 0 Å². The number of aldehydes is 1. The summed E-state index contributed by atoms with van der Waals surface area (Å²) in [5.74, 6) is -0.428. The summed E-state index contributed by atoms with van der Waals surface area (Å²) < 4.78 is 9.36. The van der Waals surface area contributed by atoms with Crippen molar-refractivity contribution in [3.8, 4) is 0 Å². The summed E-state index contributed by atoms with van der Waals surface area (Å²) in [6, 6.07) is 6.30. The highest BCUT2D eigenvalue weighted by Crippen LogP contribution is 2.09. The van der Waals surface area contributed by atoms with E-state index in [1.165, 1.54) is 21.6 Å². The average Bonchev–Trinajstić information content (AvgIpc) is 2.43. The molecule has 0 spiro atoms. The van der Waals surface area contributed by atoms with Crippen LogP contribution < -0.4 is 0 Å². The molecule has 0 fully saturated rings. The summed E-state index contributed by atoms with van der Waals surface area (Å²) >= 11 is 0. The molecule has 0 saturated carbocycles. The molecule has 0 aliphatic carbocycles. The summed E-state index contributed by atoms with van der Waals surface area (Å²) in [6.45, 7) is 0. The van der Waals surface area contributed by atoms with Crippen LogP contribution in [0.4, 0.5) is 0 Å². The third-order valence-corrected chi connectivity index (χ3v) is 2.36. The van der Waals surface area contributed by atoms with E-state index in [2.05, 4.69) is 9.73 Å². The van der Waals surface area contributed by atoms with E-state index in [0.717, 1.165) is 11.8 Å². The van der Waals surface area contributed by atoms with E-state index >= 15 is 0 Å². The van der Waals surface area contributed by atoms with Crippen LogP contribution in [0.2, 0.25) is 0 Å². The molecular formula is C12H14BNO4. The van der Waals surface area contributed by atoms with E-state index in [1.807, 2.05) is 0 Å². The number of methoxy groups -OCH3 is 1. The SMILES string of the molecule is BOC=NC(Cc1ccc(C=O)cc1)C(=O)OC. The summed E-state index contributed by atoms with van der Waals surface area (Å²) in [4.78, 5) is 26.0. The van der Waals surface area contributed by atoms with Gasteiger partial charge in [0.25, 0.3) is 0 Å². The second-order valence-corrected chi connectivity index (χ2v) is 3.59. The van der Waals surface area contributed by atoms with E-state index < -0.39 is 12.0 Å². The minimum atomic E-state index is -0.642. The molecule has 0 N–H and O–H groups in total. The predicted octanol–water partition coefficient (Wildman–Crippen LogP) is 0.176. The maximum atomic E-state index is 11.5. The van der Waals surface area contributed by atoms with E-state index in [-0.39, 0.29) is 0 Å². The number of aliphatic imine (C=N–C) groups is 1. The molecule has 0 bridgehead atoms. The molecular weight excluding hydrogens is 233 g/mol. The van der Waals surface area contributed by atoms with Crippen molar-refractivity contribution in [1.82, 2.24) is 0 Å². The third-order valence-electron chi connectivity index (χ3n) is 2.36. The lowest BCUT2D eigenvalue weighted by atomic mass is 10.0. The standard InChI is InChI=1S/C12H14BNO4/c1-17-12(16)11(14-8-18-13)6-9-2-4-10(7-15)5-3-9/h2-5,7-8,11H,6,13H2,1H3. The summed E-state index contributed by atoms with van der Waals surface area (Å²) in [7, 11) is 2.77. The van der Waals surface area contributed by atoms with Crippen molar-refractivity contribution >= 4 is 26.7 Å². The topological polar surface area (TPSA) is 65.0 Å². The van der Waals surface area contributed by atoms with Crippen LogP contribution in [0.3, 0.4) is 0 Å². The summed E-state index contributed by atoms with van der Waals surface area (Å²) in [5.41, 5.74) is 1.48. The Morgan fingerprint density at radius 2 is 2.11 bits per heavy atom. The molecule has 0 aliphatic rings. The molecule has 6 heteroatoms. The molecule has 5 nitrogen and oxygen atoms in total. The lowest BCUT2D eigenvalue weighted by Crippen LogP contribution is -2.23. The number of carbonyl (C=O) groups excluding carboxylic acids is 2. The number of nitrogens with zero attached hydrogens (tertiary/aromatic N) is 1. The van der Waals surface area contributed by atoms with Crippen molar-refractivity contribution in [1.29, 1.82) is 0 Å². The predicted molar refractivity (Wildman–Crippen MR) is 69.5 cm³/mol. The van der Waals surface area contributed by atoms with E-state index in [9.17, 15) is 9.59 Å². The largest absolute Gasteiger partial charge is 0.560 e. The zero-order chi connectivity index (χ0) is 13.4. The van der Waals surface area contributed by atoms with Gasteiger partial charge in [-0.3, -0.25) is 4.79 Å². The Morgan fingerprint density at radius 3 is 2.61 bits per heavy atom. The number of benzene rings is 1. The first-order valence-electron chi connectivity index (χ1n) is 5.37. The van der Waals surface area contributed by atoms with Crippen molar-refractivity contribution in [3.63, 3.8) is 0 Å². The van der Waals surface area contributed by atoms with Crippen LogP contribution in [0.25, 0.3) is 0 Å². The summed E-state index contributed by atoms with van der Waals surface area (Å²) in [6.07, 6.45) is 2.37. The Hall–Kier alpha value is -2.11. The Balaban J connectivity index is 2.78. The lowest BCUT2D eigenvalue weighted by Gasteiger charge is -2.10. The zero-order valence-corrected chi connectivity index (χ0v) is 10.3. The number of ether oxygens (including phenoxy) is 1. The first-order valence-corrected chi connectivity index (χ1v) is 5.37. The maximum Gasteiger partial charge on any atom is 0.331 e. The van der Waals surface area contributed by atoms with Gasteiger partial charge in [-0.15, -0.1) is 0 Å². The van der Waals surface area contributed by atoms with Gasteiger partial charge in [0.05, 0.1) is 7.11 Å². The number of hydrogen-bond donors (Lipinski definition) is 0. The molecule has 18 heavy (non-hydrogen) atoms. The Kier molecular flexibility index (Phi) is 5.63. The van der Waals surface area contributed by atoms with Crippen LogP contribution in [0.5, 0.6) is 0 Å². The Bertz CT molecular complexity index is 430. The van der Waals surface area contributed by atoms with Gasteiger partial charge in [-0.05, 0) is 5.56 Å². The van der Waals surface area contributed by atoms with Gasteiger partial charge < -0.3 is 9.39 Å². The highest BCUT2D eigenvalue weighted by atomic mass is 16.5. The molecule has 0 aromatic heterocycles. The lowest BCUT2D eigenvalue weighted by molar-refractivity contribution is -0.142. The van der Waals surface area contributed by atoms with Gasteiger partial charge in [0.2, 0.25) is 0 Å². The molecule has 0 heterocycles. The van der Waals surface area contributed by atoms with Crippen molar-refractivity contribution in [3.05, 3.63) is 35.4 Å². The van der Waals surface area contributed by atoms with Gasteiger partial charge in [0.15, 0.2) is 12.4 Å². The van der Waals surface area contributed by atoms with Gasteiger partial charge in [0, 0.05) is 12.0 Å². The van der Waals surface area contributed by atoms with Crippen LogP contribution in [-0.2, 0) is 20.6 Å². The molecule has 1 aromatic rings. The fraction of sp³-hybridized carbons (Fsp3) is 0.250. The van der Waals surface area contributed by atoms with Gasteiger partial charge in [-0.1, -0.05) is 24.3 Å². The van der Waals surface area contributed by atoms with Crippen LogP contribution in [-0.4, -0.2) is 39.9 Å². The van der Waals surface area contributed by atoms with Crippen LogP contribution >= 0.6 is 0 Å². The quantitative estimate of drug-likeness (QED) is 0.236. The number of esters is 1. The molecule has 0 saturated heterocycles. The van der Waals surface area contributed by atoms with Gasteiger partial charge in [-0.25, -0.2) is 9.79 Å². The van der Waals surface area contributed by atoms with Crippen molar-refractivity contribution in [2.75, 3.05) is 7.11 Å². The van der Waals surface area contributed by atoms with E-state index in [4.69, 9.17) is 4.65 Å².